The first kappa shape index (κ1) is 32.9. The van der Waals surface area contributed by atoms with E-state index in [0.29, 0.717) is 19.3 Å². The number of Topliss-reactive ketones (excluding diaryl/α,β-unsaturated/α-hetero) is 1. The Balaban J connectivity index is 2.40. The highest BCUT2D eigenvalue weighted by molar-refractivity contribution is 7.09. The number of cyclic esters (lactones) is 1. The number of nitrogens with one attached hydrogen (secondary N) is 1. The van der Waals surface area contributed by atoms with Crippen molar-refractivity contribution >= 4 is 35.3 Å². The minimum absolute atomic E-state index is 0.134. The van der Waals surface area contributed by atoms with Crippen molar-refractivity contribution < 1.29 is 34.1 Å². The highest BCUT2D eigenvalue weighted by Crippen LogP contribution is 2.32. The zero-order valence-corrected chi connectivity index (χ0v) is 25.2. The molecule has 1 amide bonds. The van der Waals surface area contributed by atoms with Crippen molar-refractivity contribution in [2.24, 2.45) is 17.3 Å². The average molecular weight is 567 g/mol. The number of carbonyl (C=O) groups is 3. The molecule has 6 atom stereocenters. The molecule has 10 heteroatoms. The lowest BCUT2D eigenvalue weighted by molar-refractivity contribution is -0.154. The van der Waals surface area contributed by atoms with Crippen molar-refractivity contribution in [3.63, 3.8) is 0 Å². The summed E-state index contributed by atoms with van der Waals surface area (Å²) in [5.41, 5.74) is 0.241. The molecule has 1 fully saturated rings. The molecule has 1 aromatic heterocycles. The Morgan fingerprint density at radius 1 is 1.26 bits per heavy atom. The van der Waals surface area contributed by atoms with Gasteiger partial charge < -0.3 is 25.0 Å². The first-order chi connectivity index (χ1) is 18.3. The molecular weight excluding hydrogens is 520 g/mol. The van der Waals surface area contributed by atoms with Gasteiger partial charge in [-0.1, -0.05) is 40.5 Å². The van der Waals surface area contributed by atoms with Gasteiger partial charge >= 0.3 is 12.1 Å². The molecule has 1 aromatic rings. The molecule has 1 saturated heterocycles. The van der Waals surface area contributed by atoms with Crippen LogP contribution in [0, 0.1) is 24.2 Å². The van der Waals surface area contributed by atoms with Crippen molar-refractivity contribution in [1.82, 2.24) is 10.3 Å². The number of amides is 1. The summed E-state index contributed by atoms with van der Waals surface area (Å²) < 4.78 is 11.0. The maximum Gasteiger partial charge on any atom is 0.407 e. The van der Waals surface area contributed by atoms with Crippen molar-refractivity contribution in [1.29, 1.82) is 0 Å². The first-order valence-corrected chi connectivity index (χ1v) is 14.8. The summed E-state index contributed by atoms with van der Waals surface area (Å²) in [5, 5.41) is 27.6. The Labute approximate surface area is 236 Å². The zero-order chi connectivity index (χ0) is 29.3. The van der Waals surface area contributed by atoms with E-state index in [1.54, 1.807) is 27.7 Å². The zero-order valence-electron chi connectivity index (χ0n) is 24.4. The van der Waals surface area contributed by atoms with Gasteiger partial charge in [-0.2, -0.15) is 0 Å². The van der Waals surface area contributed by atoms with E-state index < -0.39 is 41.7 Å². The van der Waals surface area contributed by atoms with Gasteiger partial charge in [-0.15, -0.1) is 11.3 Å². The van der Waals surface area contributed by atoms with Gasteiger partial charge in [0, 0.05) is 23.8 Å². The van der Waals surface area contributed by atoms with Gasteiger partial charge in [0.15, 0.2) is 0 Å². The lowest BCUT2D eigenvalue weighted by Crippen LogP contribution is -2.46. The molecule has 2 heterocycles. The van der Waals surface area contributed by atoms with E-state index >= 15 is 0 Å². The van der Waals surface area contributed by atoms with Crippen LogP contribution in [0.5, 0.6) is 0 Å². The number of aryl methyl sites for hydroxylation is 1. The number of aromatic nitrogens is 1. The Kier molecular flexibility index (Phi) is 12.6. The van der Waals surface area contributed by atoms with E-state index in [9.17, 15) is 24.6 Å². The van der Waals surface area contributed by atoms with Gasteiger partial charge in [-0.25, -0.2) is 9.78 Å². The number of ether oxygens (including phenoxy) is 2. The molecule has 0 saturated carbocycles. The molecule has 9 nitrogen and oxygen atoms in total. The van der Waals surface area contributed by atoms with Crippen LogP contribution >= 0.6 is 11.3 Å². The van der Waals surface area contributed by atoms with Crippen LogP contribution in [0.25, 0.3) is 6.08 Å². The molecule has 39 heavy (non-hydrogen) atoms. The number of esters is 1. The van der Waals surface area contributed by atoms with Gasteiger partial charge in [0.25, 0.3) is 0 Å². The van der Waals surface area contributed by atoms with Crippen LogP contribution in [0.2, 0.25) is 0 Å². The molecule has 2 rings (SSSR count). The lowest BCUT2D eigenvalue weighted by atomic mass is 9.73. The Morgan fingerprint density at radius 3 is 2.54 bits per heavy atom. The topological polar surface area (TPSA) is 135 Å². The molecule has 3 unspecified atom stereocenters. The number of rotatable bonds is 4. The van der Waals surface area contributed by atoms with Crippen LogP contribution in [0.1, 0.15) is 90.8 Å². The summed E-state index contributed by atoms with van der Waals surface area (Å²) in [6.45, 7) is 12.5. The third kappa shape index (κ3) is 9.69. The molecule has 0 aliphatic carbocycles. The second-order valence-electron chi connectivity index (χ2n) is 11.3. The number of ketones is 1. The highest BCUT2D eigenvalue weighted by Gasteiger charge is 2.42. The molecule has 0 bridgehead atoms. The Morgan fingerprint density at radius 2 is 1.92 bits per heavy atom. The molecule has 0 spiro atoms. The van der Waals surface area contributed by atoms with E-state index in [-0.39, 0.29) is 30.8 Å². The van der Waals surface area contributed by atoms with Gasteiger partial charge in [0.2, 0.25) is 0 Å². The van der Waals surface area contributed by atoms with Crippen molar-refractivity contribution in [3.8, 4) is 0 Å². The van der Waals surface area contributed by atoms with E-state index in [4.69, 9.17) is 9.47 Å². The van der Waals surface area contributed by atoms with Gasteiger partial charge in [0.05, 0.1) is 41.4 Å². The predicted octanol–water partition coefficient (Wildman–Crippen LogP) is 4.82. The summed E-state index contributed by atoms with van der Waals surface area (Å²) in [7, 11) is 0. The van der Waals surface area contributed by atoms with E-state index in [1.807, 2.05) is 32.2 Å². The number of hydrogen-bond acceptors (Lipinski definition) is 9. The van der Waals surface area contributed by atoms with Gasteiger partial charge in [0.1, 0.15) is 11.9 Å². The van der Waals surface area contributed by atoms with Crippen molar-refractivity contribution in [2.75, 3.05) is 6.61 Å². The van der Waals surface area contributed by atoms with Gasteiger partial charge in [-0.05, 0) is 51.2 Å². The van der Waals surface area contributed by atoms with E-state index in [1.165, 1.54) is 11.3 Å². The van der Waals surface area contributed by atoms with Crippen LogP contribution in [0.15, 0.2) is 11.0 Å². The Hall–Kier alpha value is -2.30. The van der Waals surface area contributed by atoms with Crippen molar-refractivity contribution in [3.05, 3.63) is 21.7 Å². The molecule has 1 aliphatic rings. The van der Waals surface area contributed by atoms with E-state index in [0.717, 1.165) is 29.1 Å². The predicted molar refractivity (Wildman–Crippen MR) is 151 cm³/mol. The van der Waals surface area contributed by atoms with E-state index in [2.05, 4.69) is 10.3 Å². The average Bonchev–Trinajstić information content (AvgIpc) is 3.27. The number of alkyl carbamates (subject to hydrolysis) is 1. The normalized spacial score (nSPS) is 29.9. The number of carbonyl (C=O) groups excluding carboxylic acids is 3. The van der Waals surface area contributed by atoms with Crippen LogP contribution < -0.4 is 5.32 Å². The van der Waals surface area contributed by atoms with Gasteiger partial charge in [-0.3, -0.25) is 9.59 Å². The molecule has 0 radical (unpaired) electrons. The minimum Gasteiger partial charge on any atom is -0.458 e. The molecule has 220 valence electrons. The maximum atomic E-state index is 13.3. The Bertz CT molecular complexity index is 1010. The molecule has 0 aromatic carbocycles. The second kappa shape index (κ2) is 14.9. The smallest absolute Gasteiger partial charge is 0.407 e. The van der Waals surface area contributed by atoms with Crippen LogP contribution in [0.3, 0.4) is 0 Å². The molecule has 3 N–H and O–H groups in total. The monoisotopic (exact) mass is 566 g/mol. The number of hydrogen-bond donors (Lipinski definition) is 3. The summed E-state index contributed by atoms with van der Waals surface area (Å²) >= 11 is 1.52. The number of nitrogens with zero attached hydrogens (tertiary/aromatic N) is 1. The maximum absolute atomic E-state index is 13.3. The third-order valence-electron chi connectivity index (χ3n) is 7.69. The largest absolute Gasteiger partial charge is 0.458 e. The minimum atomic E-state index is -1.30. The summed E-state index contributed by atoms with van der Waals surface area (Å²) in [5.74, 6) is -1.78. The second-order valence-corrected chi connectivity index (χ2v) is 12.4. The molecular formula is C29H46N2O7S. The number of thiazole rings is 1. The summed E-state index contributed by atoms with van der Waals surface area (Å²) in [4.78, 5) is 43.1. The fourth-order valence-corrected chi connectivity index (χ4v) is 5.56. The third-order valence-corrected chi connectivity index (χ3v) is 8.48. The summed E-state index contributed by atoms with van der Waals surface area (Å²) in [6, 6.07) is -0.336. The first-order valence-electron chi connectivity index (χ1n) is 13.9. The number of aliphatic hydroxyl groups excluding tert-OH is 2. The van der Waals surface area contributed by atoms with Crippen LogP contribution in [-0.2, 0) is 19.1 Å². The quantitative estimate of drug-likeness (QED) is 0.441. The van der Waals surface area contributed by atoms with Crippen LogP contribution in [-0.4, -0.2) is 64.0 Å². The molecule has 1 aliphatic heterocycles. The fraction of sp³-hybridized carbons (Fsp3) is 0.724. The highest BCUT2D eigenvalue weighted by atomic mass is 32.1. The SMILES string of the molecule is CCOC(=O)N[C@@H]1CCCC[C@@H](C)[C@H](O)C(C)C(=O)C(C)(C)C(O)CC(=O)OC(/C(C)=C/c2csc(C)n2)C1. The summed E-state index contributed by atoms with van der Waals surface area (Å²) in [6.07, 6.45) is 1.25. The fourth-order valence-electron chi connectivity index (χ4n) is 4.99. The van der Waals surface area contributed by atoms with Crippen LogP contribution in [0.4, 0.5) is 4.79 Å². The standard InChI is InChI=1S/C29H46N2O7S/c1-8-37-28(36)31-21-12-10-9-11-17(2)26(34)19(4)27(35)29(6,7)24(32)15-25(33)38-23(14-21)18(3)13-22-16-39-20(5)30-22/h13,16-17,19,21,23-24,26,32,34H,8-12,14-15H2,1-7H3,(H,31,36)/b18-13+/t17-,19?,21-,23?,24?,26+/m1/s1. The number of aliphatic hydroxyl groups is 2. The lowest BCUT2D eigenvalue weighted by Gasteiger charge is -2.34. The van der Waals surface area contributed by atoms with Crippen molar-refractivity contribution in [2.45, 2.75) is 111 Å².